The summed E-state index contributed by atoms with van der Waals surface area (Å²) < 4.78 is 39.6. The highest BCUT2D eigenvalue weighted by atomic mass is 19.1. The van der Waals surface area contributed by atoms with Gasteiger partial charge in [-0.1, -0.05) is 91.0 Å². The minimum absolute atomic E-state index is 0.288. The van der Waals surface area contributed by atoms with E-state index in [1.807, 2.05) is 91.0 Å². The first kappa shape index (κ1) is 23.6. The van der Waals surface area contributed by atoms with Crippen LogP contribution in [-0.4, -0.2) is 37.2 Å². The molecule has 1 heterocycles. The number of benzene rings is 3. The van der Waals surface area contributed by atoms with E-state index in [0.29, 0.717) is 19.8 Å². The molecule has 0 amide bonds. The second-order valence-corrected chi connectivity index (χ2v) is 8.35. The summed E-state index contributed by atoms with van der Waals surface area (Å²) in [7, 11) is 0. The van der Waals surface area contributed by atoms with Crippen molar-refractivity contribution in [1.82, 2.24) is 0 Å². The van der Waals surface area contributed by atoms with Crippen molar-refractivity contribution in [3.05, 3.63) is 108 Å². The van der Waals surface area contributed by atoms with Gasteiger partial charge in [-0.15, -0.1) is 0 Å². The molecule has 33 heavy (non-hydrogen) atoms. The summed E-state index contributed by atoms with van der Waals surface area (Å²) >= 11 is 0. The lowest BCUT2D eigenvalue weighted by Crippen LogP contribution is -2.58. The van der Waals surface area contributed by atoms with Gasteiger partial charge in [-0.2, -0.15) is 0 Å². The lowest BCUT2D eigenvalue weighted by atomic mass is 9.96. The summed E-state index contributed by atoms with van der Waals surface area (Å²) in [5.41, 5.74) is 3.07. The van der Waals surface area contributed by atoms with E-state index in [1.54, 1.807) is 6.92 Å². The number of hydrogen-bond acceptors (Lipinski definition) is 4. The molecule has 1 unspecified atom stereocenters. The summed E-state index contributed by atoms with van der Waals surface area (Å²) in [5, 5.41) is 0. The van der Waals surface area contributed by atoms with E-state index in [9.17, 15) is 0 Å². The van der Waals surface area contributed by atoms with Crippen molar-refractivity contribution in [3.63, 3.8) is 0 Å². The summed E-state index contributed by atoms with van der Waals surface area (Å²) in [6.45, 7) is 3.13. The van der Waals surface area contributed by atoms with Gasteiger partial charge in [0.15, 0.2) is 6.17 Å². The zero-order valence-electron chi connectivity index (χ0n) is 18.9. The Balaban J connectivity index is 1.46. The summed E-state index contributed by atoms with van der Waals surface area (Å²) in [4.78, 5) is 0. The molecule has 0 aromatic heterocycles. The van der Waals surface area contributed by atoms with Crippen LogP contribution in [0.4, 0.5) is 4.39 Å². The Morgan fingerprint density at radius 3 is 1.64 bits per heavy atom. The molecule has 0 aliphatic carbocycles. The van der Waals surface area contributed by atoms with Gasteiger partial charge in [0.2, 0.25) is 0 Å². The van der Waals surface area contributed by atoms with E-state index in [4.69, 9.17) is 18.9 Å². The van der Waals surface area contributed by atoms with E-state index < -0.39 is 30.6 Å². The van der Waals surface area contributed by atoms with Crippen molar-refractivity contribution in [3.8, 4) is 0 Å². The van der Waals surface area contributed by atoms with Crippen LogP contribution in [0.2, 0.25) is 0 Å². The second kappa shape index (κ2) is 12.1. The van der Waals surface area contributed by atoms with E-state index in [0.717, 1.165) is 16.7 Å². The normalized spacial score (nSPS) is 25.1. The van der Waals surface area contributed by atoms with Crippen LogP contribution in [0.5, 0.6) is 0 Å². The highest BCUT2D eigenvalue weighted by Gasteiger charge is 2.46. The van der Waals surface area contributed by atoms with Gasteiger partial charge in [0.05, 0.1) is 32.5 Å². The molecule has 4 nitrogen and oxygen atoms in total. The van der Waals surface area contributed by atoms with Gasteiger partial charge in [0.1, 0.15) is 18.3 Å². The molecule has 1 aliphatic rings. The van der Waals surface area contributed by atoms with Crippen LogP contribution >= 0.6 is 0 Å². The van der Waals surface area contributed by atoms with Crippen LogP contribution in [0.25, 0.3) is 0 Å². The monoisotopic (exact) mass is 450 g/mol. The third kappa shape index (κ3) is 6.71. The first-order chi connectivity index (χ1) is 16.2. The molecular weight excluding hydrogens is 419 g/mol. The van der Waals surface area contributed by atoms with Gasteiger partial charge in [-0.25, -0.2) is 4.39 Å². The predicted molar refractivity (Wildman–Crippen MR) is 125 cm³/mol. The second-order valence-electron chi connectivity index (χ2n) is 8.35. The average molecular weight is 451 g/mol. The first-order valence-corrected chi connectivity index (χ1v) is 11.4. The molecule has 0 N–H and O–H groups in total. The largest absolute Gasteiger partial charge is 0.374 e. The maximum absolute atomic E-state index is 15.3. The molecule has 1 saturated heterocycles. The van der Waals surface area contributed by atoms with E-state index in [-0.39, 0.29) is 6.61 Å². The van der Waals surface area contributed by atoms with Crippen LogP contribution in [0.1, 0.15) is 23.6 Å². The molecule has 3 aromatic carbocycles. The summed E-state index contributed by atoms with van der Waals surface area (Å²) in [6.07, 6.45) is -3.73. The Hall–Kier alpha value is -2.57. The molecule has 5 atom stereocenters. The number of alkyl halides is 1. The van der Waals surface area contributed by atoms with Crippen molar-refractivity contribution in [2.75, 3.05) is 6.61 Å². The molecule has 0 saturated carbocycles. The number of halogens is 1. The Kier molecular flexibility index (Phi) is 8.61. The van der Waals surface area contributed by atoms with Gasteiger partial charge in [0, 0.05) is 0 Å². The smallest absolute Gasteiger partial charge is 0.155 e. The van der Waals surface area contributed by atoms with E-state index in [2.05, 4.69) is 0 Å². The maximum atomic E-state index is 15.3. The van der Waals surface area contributed by atoms with Crippen molar-refractivity contribution in [2.24, 2.45) is 0 Å². The fourth-order valence-electron chi connectivity index (χ4n) is 4.01. The zero-order valence-corrected chi connectivity index (χ0v) is 18.9. The molecule has 1 aliphatic heterocycles. The van der Waals surface area contributed by atoms with Crippen molar-refractivity contribution in [1.29, 1.82) is 0 Å². The standard InChI is InChI=1S/C28H31FO4/c1-21-26(29)28(32-19-24-15-9-4-10-16-24)27(31-18-23-13-7-3-8-14-23)25(33-21)20-30-17-22-11-5-2-6-12-22/h2-16,21,25-28H,17-20H2,1H3/t21?,25-,26+,27-,28-/m1/s1. The molecule has 174 valence electrons. The topological polar surface area (TPSA) is 36.9 Å². The fraction of sp³-hybridized carbons (Fsp3) is 0.357. The molecule has 0 bridgehead atoms. The molecule has 3 aromatic rings. The van der Waals surface area contributed by atoms with Crippen molar-refractivity contribution in [2.45, 2.75) is 57.3 Å². The summed E-state index contributed by atoms with van der Waals surface area (Å²) in [5.74, 6) is 0. The number of hydrogen-bond donors (Lipinski definition) is 0. The van der Waals surface area contributed by atoms with Crippen LogP contribution in [-0.2, 0) is 38.8 Å². The average Bonchev–Trinajstić information content (AvgIpc) is 2.86. The quantitative estimate of drug-likeness (QED) is 0.409. The van der Waals surface area contributed by atoms with Crippen LogP contribution < -0.4 is 0 Å². The molecule has 1 fully saturated rings. The van der Waals surface area contributed by atoms with Gasteiger partial charge in [-0.05, 0) is 23.6 Å². The Morgan fingerprint density at radius 1 is 0.667 bits per heavy atom. The van der Waals surface area contributed by atoms with E-state index in [1.165, 1.54) is 0 Å². The fourth-order valence-corrected chi connectivity index (χ4v) is 4.01. The maximum Gasteiger partial charge on any atom is 0.155 e. The van der Waals surface area contributed by atoms with Gasteiger partial charge in [0.25, 0.3) is 0 Å². The Labute approximate surface area is 195 Å². The number of rotatable bonds is 10. The van der Waals surface area contributed by atoms with Crippen molar-refractivity contribution >= 4 is 0 Å². The van der Waals surface area contributed by atoms with Gasteiger partial charge >= 0.3 is 0 Å². The van der Waals surface area contributed by atoms with Crippen LogP contribution in [0, 0.1) is 0 Å². The molecule has 0 spiro atoms. The molecule has 0 radical (unpaired) electrons. The first-order valence-electron chi connectivity index (χ1n) is 11.4. The summed E-state index contributed by atoms with van der Waals surface area (Å²) in [6, 6.07) is 29.6. The van der Waals surface area contributed by atoms with E-state index >= 15 is 4.39 Å². The zero-order chi connectivity index (χ0) is 22.9. The van der Waals surface area contributed by atoms with Crippen LogP contribution in [0.15, 0.2) is 91.0 Å². The van der Waals surface area contributed by atoms with Crippen molar-refractivity contribution < 1.29 is 23.3 Å². The lowest BCUT2D eigenvalue weighted by molar-refractivity contribution is -0.243. The highest BCUT2D eigenvalue weighted by molar-refractivity contribution is 5.15. The van der Waals surface area contributed by atoms with Gasteiger partial charge < -0.3 is 18.9 Å². The number of ether oxygens (including phenoxy) is 4. The minimum Gasteiger partial charge on any atom is -0.374 e. The van der Waals surface area contributed by atoms with Crippen LogP contribution in [0.3, 0.4) is 0 Å². The van der Waals surface area contributed by atoms with Gasteiger partial charge in [-0.3, -0.25) is 0 Å². The molecule has 4 rings (SSSR count). The molecular formula is C28H31FO4. The highest BCUT2D eigenvalue weighted by Crippen LogP contribution is 2.30. The molecule has 5 heteroatoms. The Bertz CT molecular complexity index is 938. The third-order valence-electron chi connectivity index (χ3n) is 5.81. The Morgan fingerprint density at radius 2 is 1.12 bits per heavy atom. The predicted octanol–water partition coefficient (Wildman–Crippen LogP) is 5.50. The third-order valence-corrected chi connectivity index (χ3v) is 5.81. The lowest BCUT2D eigenvalue weighted by Gasteiger charge is -2.42. The SMILES string of the molecule is CC1O[C@H](COCc2ccccc2)[C@@H](OCc2ccccc2)[C@H](OCc2ccccc2)[C@H]1F. The minimum atomic E-state index is -1.31.